The van der Waals surface area contributed by atoms with Crippen LogP contribution in [0.2, 0.25) is 0 Å². The highest BCUT2D eigenvalue weighted by molar-refractivity contribution is 5.72. The van der Waals surface area contributed by atoms with Gasteiger partial charge >= 0.3 is 17.9 Å². The number of hydrogen-bond acceptors (Lipinski definition) is 6. The zero-order valence-corrected chi connectivity index (χ0v) is 44.7. The summed E-state index contributed by atoms with van der Waals surface area (Å²) in [6, 6.07) is -0.628. The van der Waals surface area contributed by atoms with Gasteiger partial charge < -0.3 is 23.8 Å². The maximum Gasteiger partial charge on any atom is 0.362 e. The minimum atomic E-state index is -0.884. The molecule has 8 nitrogen and oxygen atoms in total. The number of hydrogen-bond donors (Lipinski definition) is 1. The van der Waals surface area contributed by atoms with Gasteiger partial charge in [-0.15, -0.1) is 0 Å². The molecule has 8 heteroatoms. The molecule has 2 atom stereocenters. The Bertz CT molecular complexity index is 1490. The lowest BCUT2D eigenvalue weighted by atomic mass is 10.0. The summed E-state index contributed by atoms with van der Waals surface area (Å²) in [5, 5.41) is 9.67. The third-order valence-electron chi connectivity index (χ3n) is 11.7. The van der Waals surface area contributed by atoms with Crippen LogP contribution in [0.25, 0.3) is 0 Å². The van der Waals surface area contributed by atoms with Gasteiger partial charge in [0, 0.05) is 19.3 Å². The van der Waals surface area contributed by atoms with Gasteiger partial charge in [0.05, 0.1) is 34.4 Å². The summed E-state index contributed by atoms with van der Waals surface area (Å²) < 4.78 is 17.4. The van der Waals surface area contributed by atoms with E-state index in [0.717, 1.165) is 96.3 Å². The lowest BCUT2D eigenvalue weighted by Crippen LogP contribution is -2.50. The molecule has 0 aliphatic heterocycles. The largest absolute Gasteiger partial charge is 0.477 e. The highest BCUT2D eigenvalue weighted by atomic mass is 16.6. The third-order valence-corrected chi connectivity index (χ3v) is 11.7. The first kappa shape index (κ1) is 65.0. The topological polar surface area (TPSA) is 99.1 Å². The molecule has 69 heavy (non-hydrogen) atoms. The summed E-state index contributed by atoms with van der Waals surface area (Å²) in [6.45, 7) is 4.48. The molecule has 0 heterocycles. The minimum absolute atomic E-state index is 0.0411. The molecule has 392 valence electrons. The van der Waals surface area contributed by atoms with Gasteiger partial charge in [-0.1, -0.05) is 200 Å². The number of ether oxygens (including phenoxy) is 3. The van der Waals surface area contributed by atoms with Crippen molar-refractivity contribution in [3.05, 3.63) is 109 Å². The van der Waals surface area contributed by atoms with E-state index in [0.29, 0.717) is 19.3 Å². The Hall–Kier alpha value is -4.01. The maximum atomic E-state index is 12.8. The number of rotatable bonds is 48. The van der Waals surface area contributed by atoms with Crippen LogP contribution in [0.4, 0.5) is 0 Å². The average Bonchev–Trinajstić information content (AvgIpc) is 3.31. The van der Waals surface area contributed by atoms with Crippen molar-refractivity contribution in [3.63, 3.8) is 0 Å². The summed E-state index contributed by atoms with van der Waals surface area (Å²) in [4.78, 5) is 37.3. The molecule has 1 N–H and O–H groups in total. The molecule has 0 radical (unpaired) electrons. The van der Waals surface area contributed by atoms with E-state index >= 15 is 0 Å². The Kier molecular flexibility index (Phi) is 47.5. The lowest BCUT2D eigenvalue weighted by Gasteiger charge is -2.31. The van der Waals surface area contributed by atoms with Crippen molar-refractivity contribution in [2.75, 3.05) is 41.0 Å². The van der Waals surface area contributed by atoms with Crippen LogP contribution in [0.15, 0.2) is 109 Å². The average molecular weight is 961 g/mol. The van der Waals surface area contributed by atoms with Gasteiger partial charge in [0.15, 0.2) is 12.1 Å². The van der Waals surface area contributed by atoms with Crippen LogP contribution in [0, 0.1) is 0 Å². The number of esters is 2. The van der Waals surface area contributed by atoms with Crippen LogP contribution >= 0.6 is 0 Å². The number of carboxylic acids is 1. The highest BCUT2D eigenvalue weighted by Crippen LogP contribution is 2.15. The predicted molar refractivity (Wildman–Crippen MR) is 293 cm³/mol. The van der Waals surface area contributed by atoms with E-state index < -0.39 is 18.1 Å². The Morgan fingerprint density at radius 3 is 1.14 bits per heavy atom. The van der Waals surface area contributed by atoms with Gasteiger partial charge in [-0.05, 0) is 96.3 Å². The quantitative estimate of drug-likeness (QED) is 0.0281. The van der Waals surface area contributed by atoms with Crippen molar-refractivity contribution in [2.45, 2.75) is 219 Å². The van der Waals surface area contributed by atoms with Gasteiger partial charge in [0.1, 0.15) is 6.61 Å². The SMILES string of the molecule is CC/C=C/C/C=C/C/C=C/C/C=C/C/C=C/C/C=C/CCCCCC(=O)OC(COCCC(C(=O)O)[N+](C)(C)C)COC(=O)CCCCCCCCCCCCCCC/C=C/C/C=C/C/C=C/CC. The zero-order valence-electron chi connectivity index (χ0n) is 44.7. The Morgan fingerprint density at radius 1 is 0.435 bits per heavy atom. The Balaban J connectivity index is 4.28. The first-order valence-corrected chi connectivity index (χ1v) is 27.4. The van der Waals surface area contributed by atoms with Gasteiger partial charge in [-0.3, -0.25) is 9.59 Å². The van der Waals surface area contributed by atoms with Crippen molar-refractivity contribution in [1.82, 2.24) is 0 Å². The number of carbonyl (C=O) groups excluding carboxylic acids is 2. The van der Waals surface area contributed by atoms with E-state index in [1.807, 2.05) is 21.1 Å². The molecule has 0 aliphatic carbocycles. The monoisotopic (exact) mass is 961 g/mol. The molecule has 0 fully saturated rings. The molecule has 0 saturated heterocycles. The van der Waals surface area contributed by atoms with E-state index in [2.05, 4.69) is 123 Å². The minimum Gasteiger partial charge on any atom is -0.477 e. The molecule has 0 aromatic carbocycles. The fraction of sp³-hybridized carbons (Fsp3) is 0.656. The first-order valence-electron chi connectivity index (χ1n) is 27.4. The summed E-state index contributed by atoms with van der Waals surface area (Å²) >= 11 is 0. The smallest absolute Gasteiger partial charge is 0.362 e. The van der Waals surface area contributed by atoms with Gasteiger partial charge in [-0.2, -0.15) is 0 Å². The van der Waals surface area contributed by atoms with Crippen molar-refractivity contribution in [3.8, 4) is 0 Å². The van der Waals surface area contributed by atoms with E-state index in [9.17, 15) is 19.5 Å². The molecular formula is C61H102NO7+. The number of nitrogens with zero attached hydrogens (tertiary/aromatic N) is 1. The molecule has 0 amide bonds. The molecule has 0 aromatic rings. The summed E-state index contributed by atoms with van der Waals surface area (Å²) in [7, 11) is 5.52. The van der Waals surface area contributed by atoms with E-state index in [1.165, 1.54) is 70.6 Å². The number of likely N-dealkylation sites (N-methyl/N-ethyl adjacent to an activating group) is 1. The standard InChI is InChI=1S/C61H101NO7/c1-6-8-10-12-14-16-18-20-22-24-26-28-30-32-33-35-37-39-41-43-45-47-49-51-59(63)68-56-57(55-67-54-53-58(61(65)66)62(3,4)5)69-60(64)52-50-48-46-44-42-40-38-36-34-31-29-27-25-23-21-19-17-15-13-11-9-7-2/h8-11,14-17,20-23,27,29,34,36,40,42,57-58H,6-7,12-13,18-19,24-26,28,30-33,35,37-39,41,43-56H2,1-5H3/p+1/b10-8+,11-9+,16-14+,17-15+,22-20+,23-21+,29-27+,36-34+,42-40+. The summed E-state index contributed by atoms with van der Waals surface area (Å²) in [5.41, 5.74) is 0. The summed E-state index contributed by atoms with van der Waals surface area (Å²) in [5.74, 6) is -1.52. The second kappa shape index (κ2) is 50.4. The van der Waals surface area contributed by atoms with Crippen LogP contribution in [0.5, 0.6) is 0 Å². The maximum absolute atomic E-state index is 12.8. The van der Waals surface area contributed by atoms with Gasteiger partial charge in [-0.25, -0.2) is 4.79 Å². The zero-order chi connectivity index (χ0) is 50.6. The van der Waals surface area contributed by atoms with Crippen molar-refractivity contribution >= 4 is 17.9 Å². The fourth-order valence-electron chi connectivity index (χ4n) is 7.52. The van der Waals surface area contributed by atoms with Crippen molar-refractivity contribution in [1.29, 1.82) is 0 Å². The number of carbonyl (C=O) groups is 3. The molecule has 0 aliphatic rings. The Labute approximate surface area is 423 Å². The van der Waals surface area contributed by atoms with E-state index in [1.54, 1.807) is 0 Å². The predicted octanol–water partition coefficient (Wildman–Crippen LogP) is 16.4. The highest BCUT2D eigenvalue weighted by Gasteiger charge is 2.31. The molecule has 0 rings (SSSR count). The number of aliphatic carboxylic acids is 1. The number of unbranched alkanes of at least 4 members (excludes halogenated alkanes) is 16. The van der Waals surface area contributed by atoms with Crippen LogP contribution in [-0.2, 0) is 28.6 Å². The second-order valence-corrected chi connectivity index (χ2v) is 19.1. The number of allylic oxidation sites excluding steroid dienone is 18. The van der Waals surface area contributed by atoms with Crippen LogP contribution in [0.1, 0.15) is 206 Å². The lowest BCUT2D eigenvalue weighted by molar-refractivity contribution is -0.887. The molecule has 2 unspecified atom stereocenters. The van der Waals surface area contributed by atoms with Gasteiger partial charge in [0.2, 0.25) is 0 Å². The molecule has 0 saturated carbocycles. The molecule has 0 bridgehead atoms. The van der Waals surface area contributed by atoms with E-state index in [-0.39, 0.29) is 42.7 Å². The van der Waals surface area contributed by atoms with Crippen LogP contribution in [0.3, 0.4) is 0 Å². The number of carboxylic acid groups (broad SMARTS) is 1. The van der Waals surface area contributed by atoms with Crippen molar-refractivity contribution in [2.24, 2.45) is 0 Å². The fourth-order valence-corrected chi connectivity index (χ4v) is 7.52. The molecule has 0 aromatic heterocycles. The molecule has 0 spiro atoms. The summed E-state index contributed by atoms with van der Waals surface area (Å²) in [6.07, 6.45) is 70.0. The van der Waals surface area contributed by atoms with Crippen LogP contribution < -0.4 is 0 Å². The molecular weight excluding hydrogens is 859 g/mol. The van der Waals surface area contributed by atoms with E-state index in [4.69, 9.17) is 14.2 Å². The van der Waals surface area contributed by atoms with Gasteiger partial charge in [0.25, 0.3) is 0 Å². The Morgan fingerprint density at radius 2 is 0.768 bits per heavy atom. The normalized spacial score (nSPS) is 13.7. The third kappa shape index (κ3) is 48.8. The first-order chi connectivity index (χ1) is 33.6. The van der Waals surface area contributed by atoms with Crippen LogP contribution in [-0.4, -0.2) is 80.6 Å². The number of quaternary nitrogens is 1. The van der Waals surface area contributed by atoms with Crippen molar-refractivity contribution < 1.29 is 38.2 Å². The second-order valence-electron chi connectivity index (χ2n) is 19.1.